The van der Waals surface area contributed by atoms with Crippen molar-refractivity contribution in [1.82, 2.24) is 0 Å². The lowest BCUT2D eigenvalue weighted by Gasteiger charge is -2.25. The molecule has 4 atom stereocenters. The molecule has 2 aliphatic carbocycles. The predicted octanol–water partition coefficient (Wildman–Crippen LogP) is 0.584. The zero-order valence-corrected chi connectivity index (χ0v) is 9.37. The van der Waals surface area contributed by atoms with Gasteiger partial charge in [-0.2, -0.15) is 0 Å². The highest BCUT2D eigenvalue weighted by Crippen LogP contribution is 2.52. The van der Waals surface area contributed by atoms with Gasteiger partial charge < -0.3 is 24.4 Å². The SMILES string of the molecule is O=C(O)OC1[C@H](O)C[C@H]2CC3(C[C@@H]12)OCCO3. The molecule has 6 nitrogen and oxygen atoms in total. The van der Waals surface area contributed by atoms with Crippen LogP contribution in [0.25, 0.3) is 0 Å². The van der Waals surface area contributed by atoms with E-state index in [1.807, 2.05) is 0 Å². The van der Waals surface area contributed by atoms with E-state index < -0.39 is 24.2 Å². The molecule has 0 bridgehead atoms. The van der Waals surface area contributed by atoms with E-state index >= 15 is 0 Å². The number of fused-ring (bicyclic) bond motifs is 1. The predicted molar refractivity (Wildman–Crippen MR) is 54.4 cm³/mol. The van der Waals surface area contributed by atoms with Crippen LogP contribution >= 0.6 is 0 Å². The third kappa shape index (κ3) is 1.80. The zero-order valence-electron chi connectivity index (χ0n) is 9.37. The first-order valence-corrected chi connectivity index (χ1v) is 5.95. The van der Waals surface area contributed by atoms with Gasteiger partial charge in [-0.15, -0.1) is 0 Å². The summed E-state index contributed by atoms with van der Waals surface area (Å²) in [5, 5.41) is 18.5. The molecule has 3 fully saturated rings. The molecule has 3 rings (SSSR count). The summed E-state index contributed by atoms with van der Waals surface area (Å²) in [6.07, 6.45) is -0.744. The molecule has 96 valence electrons. The smallest absolute Gasteiger partial charge is 0.450 e. The number of hydrogen-bond donors (Lipinski definition) is 2. The molecule has 17 heavy (non-hydrogen) atoms. The van der Waals surface area contributed by atoms with Crippen molar-refractivity contribution in [1.29, 1.82) is 0 Å². The van der Waals surface area contributed by atoms with Crippen molar-refractivity contribution in [2.75, 3.05) is 13.2 Å². The largest absolute Gasteiger partial charge is 0.506 e. The van der Waals surface area contributed by atoms with Gasteiger partial charge in [0, 0.05) is 18.8 Å². The van der Waals surface area contributed by atoms with Gasteiger partial charge in [-0.1, -0.05) is 0 Å². The van der Waals surface area contributed by atoms with Gasteiger partial charge in [-0.25, -0.2) is 4.79 Å². The Morgan fingerprint density at radius 3 is 2.65 bits per heavy atom. The van der Waals surface area contributed by atoms with E-state index in [1.165, 1.54) is 0 Å². The summed E-state index contributed by atoms with van der Waals surface area (Å²) in [6, 6.07) is 0. The first-order chi connectivity index (χ1) is 8.10. The lowest BCUT2D eigenvalue weighted by atomic mass is 9.99. The van der Waals surface area contributed by atoms with Crippen LogP contribution in [-0.4, -0.2) is 47.6 Å². The second-order valence-electron chi connectivity index (χ2n) is 5.09. The van der Waals surface area contributed by atoms with Gasteiger partial charge in [0.15, 0.2) is 5.79 Å². The van der Waals surface area contributed by atoms with Crippen LogP contribution in [0.2, 0.25) is 0 Å². The molecule has 1 aliphatic heterocycles. The van der Waals surface area contributed by atoms with E-state index in [0.29, 0.717) is 26.1 Å². The maximum atomic E-state index is 10.6. The average molecular weight is 244 g/mol. The molecule has 1 saturated heterocycles. The Hall–Kier alpha value is -0.850. The van der Waals surface area contributed by atoms with Gasteiger partial charge in [-0.05, 0) is 12.3 Å². The van der Waals surface area contributed by atoms with Crippen LogP contribution < -0.4 is 0 Å². The second-order valence-corrected chi connectivity index (χ2v) is 5.09. The minimum absolute atomic E-state index is 0.0131. The van der Waals surface area contributed by atoms with Gasteiger partial charge in [0.05, 0.1) is 19.3 Å². The van der Waals surface area contributed by atoms with Crippen LogP contribution in [0.15, 0.2) is 0 Å². The van der Waals surface area contributed by atoms with E-state index in [1.54, 1.807) is 0 Å². The third-order valence-corrected chi connectivity index (χ3v) is 4.12. The number of carbonyl (C=O) groups is 1. The minimum Gasteiger partial charge on any atom is -0.450 e. The van der Waals surface area contributed by atoms with Crippen molar-refractivity contribution in [2.45, 2.75) is 37.3 Å². The molecule has 0 radical (unpaired) electrons. The maximum absolute atomic E-state index is 10.6. The summed E-state index contributed by atoms with van der Waals surface area (Å²) in [5.74, 6) is -0.304. The van der Waals surface area contributed by atoms with Crippen LogP contribution in [0.1, 0.15) is 19.3 Å². The van der Waals surface area contributed by atoms with Crippen LogP contribution in [0, 0.1) is 11.8 Å². The zero-order chi connectivity index (χ0) is 12.0. The first kappa shape index (κ1) is 11.3. The number of carboxylic acid groups (broad SMARTS) is 1. The Morgan fingerprint density at radius 1 is 1.29 bits per heavy atom. The normalized spacial score (nSPS) is 42.9. The molecule has 2 N–H and O–H groups in total. The Labute approximate surface area is 98.5 Å². The maximum Gasteiger partial charge on any atom is 0.506 e. The molecule has 3 aliphatic rings. The fourth-order valence-electron chi connectivity index (χ4n) is 3.55. The summed E-state index contributed by atoms with van der Waals surface area (Å²) >= 11 is 0. The van der Waals surface area contributed by atoms with Gasteiger partial charge in [0.2, 0.25) is 0 Å². The van der Waals surface area contributed by atoms with Crippen molar-refractivity contribution >= 4 is 6.16 Å². The van der Waals surface area contributed by atoms with Gasteiger partial charge in [0.1, 0.15) is 6.10 Å². The van der Waals surface area contributed by atoms with Crippen LogP contribution in [-0.2, 0) is 14.2 Å². The van der Waals surface area contributed by atoms with Crippen LogP contribution in [0.5, 0.6) is 0 Å². The molecule has 0 amide bonds. The number of aliphatic hydroxyl groups is 1. The van der Waals surface area contributed by atoms with Gasteiger partial charge in [0.25, 0.3) is 0 Å². The van der Waals surface area contributed by atoms with Crippen molar-refractivity contribution in [3.05, 3.63) is 0 Å². The highest BCUT2D eigenvalue weighted by atomic mass is 16.7. The van der Waals surface area contributed by atoms with Gasteiger partial charge in [-0.3, -0.25) is 0 Å². The standard InChI is InChI=1S/C11H16O6/c12-8-3-6-4-11(15-1-2-16-11)5-7(6)9(8)17-10(13)14/h6-9,12H,1-5H2,(H,13,14)/t6-,7+,8+,9?/m0/s1. The van der Waals surface area contributed by atoms with Crippen molar-refractivity contribution < 1.29 is 29.2 Å². The number of ether oxygens (including phenoxy) is 3. The first-order valence-electron chi connectivity index (χ1n) is 5.95. The molecule has 1 unspecified atom stereocenters. The Kier molecular flexibility index (Phi) is 2.53. The van der Waals surface area contributed by atoms with E-state index in [-0.39, 0.29) is 11.8 Å². The lowest BCUT2D eigenvalue weighted by molar-refractivity contribution is -0.160. The summed E-state index contributed by atoms with van der Waals surface area (Å²) in [7, 11) is 0. The quantitative estimate of drug-likeness (QED) is 0.656. The summed E-state index contributed by atoms with van der Waals surface area (Å²) in [6.45, 7) is 1.18. The molecule has 0 aromatic heterocycles. The molecule has 0 aromatic rings. The van der Waals surface area contributed by atoms with E-state index in [2.05, 4.69) is 0 Å². The molecule has 1 spiro atoms. The Morgan fingerprint density at radius 2 is 2.00 bits per heavy atom. The molecular formula is C11H16O6. The molecule has 2 saturated carbocycles. The molecule has 1 heterocycles. The fraction of sp³-hybridized carbons (Fsp3) is 0.909. The van der Waals surface area contributed by atoms with Crippen LogP contribution in [0.4, 0.5) is 4.79 Å². The molecule has 6 heteroatoms. The number of rotatable bonds is 1. The highest BCUT2D eigenvalue weighted by Gasteiger charge is 2.57. The monoisotopic (exact) mass is 244 g/mol. The molecule has 0 aromatic carbocycles. The topological polar surface area (TPSA) is 85.2 Å². The van der Waals surface area contributed by atoms with E-state index in [9.17, 15) is 9.90 Å². The third-order valence-electron chi connectivity index (χ3n) is 4.12. The van der Waals surface area contributed by atoms with Crippen LogP contribution in [0.3, 0.4) is 0 Å². The van der Waals surface area contributed by atoms with Crippen molar-refractivity contribution in [2.24, 2.45) is 11.8 Å². The number of hydrogen-bond acceptors (Lipinski definition) is 5. The second kappa shape index (κ2) is 3.83. The van der Waals surface area contributed by atoms with E-state index in [4.69, 9.17) is 19.3 Å². The van der Waals surface area contributed by atoms with Crippen molar-refractivity contribution in [3.8, 4) is 0 Å². The number of aliphatic hydroxyl groups excluding tert-OH is 1. The lowest BCUT2D eigenvalue weighted by Crippen LogP contribution is -2.34. The van der Waals surface area contributed by atoms with Crippen molar-refractivity contribution in [3.63, 3.8) is 0 Å². The van der Waals surface area contributed by atoms with E-state index in [0.717, 1.165) is 6.42 Å². The average Bonchev–Trinajstić information content (AvgIpc) is 2.89. The Balaban J connectivity index is 1.73. The highest BCUT2D eigenvalue weighted by molar-refractivity contribution is 5.57. The fourth-order valence-corrected chi connectivity index (χ4v) is 3.55. The minimum atomic E-state index is -1.33. The molecular weight excluding hydrogens is 228 g/mol. The van der Waals surface area contributed by atoms with Gasteiger partial charge >= 0.3 is 6.16 Å². The Bertz CT molecular complexity index is 324. The summed E-state index contributed by atoms with van der Waals surface area (Å²) < 4.78 is 16.0. The summed E-state index contributed by atoms with van der Waals surface area (Å²) in [4.78, 5) is 10.6. The summed E-state index contributed by atoms with van der Waals surface area (Å²) in [5.41, 5.74) is 0.